The van der Waals surface area contributed by atoms with Gasteiger partial charge in [0.2, 0.25) is 0 Å². The highest BCUT2D eigenvalue weighted by atomic mass is 32.1. The molecule has 1 atom stereocenters. The Labute approximate surface area is 101 Å². The number of hydrogen-bond donors (Lipinski definition) is 2. The molecular formula is C10H18N2O3S. The van der Waals surface area contributed by atoms with E-state index in [-0.39, 0.29) is 11.3 Å². The molecule has 92 valence electrons. The van der Waals surface area contributed by atoms with Crippen LogP contribution in [-0.4, -0.2) is 43.4 Å². The molecule has 1 aliphatic heterocycles. The monoisotopic (exact) mass is 246 g/mol. The zero-order valence-electron chi connectivity index (χ0n) is 9.62. The molecular weight excluding hydrogens is 228 g/mol. The van der Waals surface area contributed by atoms with Gasteiger partial charge in [-0.3, -0.25) is 4.79 Å². The van der Waals surface area contributed by atoms with Gasteiger partial charge in [0, 0.05) is 12.0 Å². The summed E-state index contributed by atoms with van der Waals surface area (Å²) >= 11 is 4.91. The molecule has 1 amide bonds. The van der Waals surface area contributed by atoms with Crippen molar-refractivity contribution in [3.05, 3.63) is 0 Å². The molecule has 16 heavy (non-hydrogen) atoms. The van der Waals surface area contributed by atoms with Crippen molar-refractivity contribution in [3.63, 3.8) is 0 Å². The summed E-state index contributed by atoms with van der Waals surface area (Å²) in [5.41, 5.74) is 5.17. The van der Waals surface area contributed by atoms with Gasteiger partial charge in [0.05, 0.1) is 24.8 Å². The zero-order valence-corrected chi connectivity index (χ0v) is 10.4. The van der Waals surface area contributed by atoms with Gasteiger partial charge in [-0.2, -0.15) is 0 Å². The first kappa shape index (κ1) is 13.3. The largest absolute Gasteiger partial charge is 0.393 e. The second-order valence-corrected chi connectivity index (χ2v) is 4.84. The lowest BCUT2D eigenvalue weighted by Crippen LogP contribution is -2.47. The quantitative estimate of drug-likeness (QED) is 0.674. The first-order valence-electron chi connectivity index (χ1n) is 5.20. The predicted molar refractivity (Wildman–Crippen MR) is 64.1 cm³/mol. The third-order valence-electron chi connectivity index (χ3n) is 2.48. The Morgan fingerprint density at radius 3 is 2.75 bits per heavy atom. The molecule has 0 aromatic carbocycles. The topological polar surface area (TPSA) is 73.6 Å². The lowest BCUT2D eigenvalue weighted by atomic mass is 9.93. The third kappa shape index (κ3) is 3.70. The van der Waals surface area contributed by atoms with Gasteiger partial charge in [-0.25, -0.2) is 0 Å². The lowest BCUT2D eigenvalue weighted by molar-refractivity contribution is -0.147. The van der Waals surface area contributed by atoms with Crippen LogP contribution in [0.1, 0.15) is 13.8 Å². The summed E-state index contributed by atoms with van der Waals surface area (Å²) in [6.45, 7) is 5.47. The lowest BCUT2D eigenvalue weighted by Gasteiger charge is -2.26. The molecule has 1 unspecified atom stereocenters. The van der Waals surface area contributed by atoms with Crippen LogP contribution in [0.2, 0.25) is 0 Å². The molecule has 5 nitrogen and oxygen atoms in total. The highest BCUT2D eigenvalue weighted by Crippen LogP contribution is 2.13. The van der Waals surface area contributed by atoms with Crippen molar-refractivity contribution in [2.75, 3.05) is 26.4 Å². The normalized spacial score (nSPS) is 21.5. The first-order chi connectivity index (χ1) is 7.43. The minimum atomic E-state index is -0.518. The van der Waals surface area contributed by atoms with Gasteiger partial charge >= 0.3 is 0 Å². The third-order valence-corrected chi connectivity index (χ3v) is 3.03. The summed E-state index contributed by atoms with van der Waals surface area (Å²) in [5.74, 6) is -0.177. The zero-order chi connectivity index (χ0) is 12.2. The molecule has 6 heteroatoms. The summed E-state index contributed by atoms with van der Waals surface area (Å²) in [7, 11) is 0. The van der Waals surface area contributed by atoms with Gasteiger partial charge < -0.3 is 20.5 Å². The molecule has 1 rings (SSSR count). The van der Waals surface area contributed by atoms with E-state index in [1.165, 1.54) is 0 Å². The number of amides is 1. The summed E-state index contributed by atoms with van der Waals surface area (Å²) in [6, 6.07) is 0. The SMILES string of the molecule is CC(C)(CNC(=O)C1COCCO1)C(N)=S. The Kier molecular flexibility index (Phi) is 4.64. The van der Waals surface area contributed by atoms with Gasteiger partial charge in [0.1, 0.15) is 0 Å². The van der Waals surface area contributed by atoms with Crippen molar-refractivity contribution in [1.29, 1.82) is 0 Å². The Morgan fingerprint density at radius 1 is 1.56 bits per heavy atom. The average Bonchev–Trinajstić information content (AvgIpc) is 2.27. The van der Waals surface area contributed by atoms with E-state index in [4.69, 9.17) is 27.4 Å². The molecule has 3 N–H and O–H groups in total. The fraction of sp³-hybridized carbons (Fsp3) is 0.800. The van der Waals surface area contributed by atoms with E-state index in [0.29, 0.717) is 31.4 Å². The predicted octanol–water partition coefficient (Wildman–Crippen LogP) is -0.170. The highest BCUT2D eigenvalue weighted by Gasteiger charge is 2.26. The van der Waals surface area contributed by atoms with Crippen LogP contribution in [0, 0.1) is 5.41 Å². The van der Waals surface area contributed by atoms with Crippen molar-refractivity contribution in [3.8, 4) is 0 Å². The van der Waals surface area contributed by atoms with E-state index < -0.39 is 6.10 Å². The summed E-state index contributed by atoms with van der Waals surface area (Å²) in [4.78, 5) is 12.1. The van der Waals surface area contributed by atoms with Crippen LogP contribution in [0.3, 0.4) is 0 Å². The molecule has 0 radical (unpaired) electrons. The molecule has 0 aromatic rings. The number of carbonyl (C=O) groups excluding carboxylic acids is 1. The maximum atomic E-state index is 11.7. The van der Waals surface area contributed by atoms with Gasteiger partial charge in [0.25, 0.3) is 5.91 Å². The first-order valence-corrected chi connectivity index (χ1v) is 5.61. The van der Waals surface area contributed by atoms with Crippen LogP contribution >= 0.6 is 12.2 Å². The number of nitrogens with two attached hydrogens (primary N) is 1. The van der Waals surface area contributed by atoms with Crippen molar-refractivity contribution in [1.82, 2.24) is 5.32 Å². The molecule has 0 bridgehead atoms. The van der Waals surface area contributed by atoms with Crippen molar-refractivity contribution >= 4 is 23.1 Å². The molecule has 0 spiro atoms. The van der Waals surface area contributed by atoms with Crippen molar-refractivity contribution in [2.45, 2.75) is 20.0 Å². The average molecular weight is 246 g/mol. The van der Waals surface area contributed by atoms with E-state index >= 15 is 0 Å². The minimum Gasteiger partial charge on any atom is -0.393 e. The second-order valence-electron chi connectivity index (χ2n) is 4.40. The van der Waals surface area contributed by atoms with Crippen LogP contribution in [0.4, 0.5) is 0 Å². The van der Waals surface area contributed by atoms with E-state index in [1.807, 2.05) is 13.8 Å². The van der Waals surface area contributed by atoms with Crippen LogP contribution in [0.25, 0.3) is 0 Å². The van der Waals surface area contributed by atoms with Gasteiger partial charge in [-0.1, -0.05) is 26.1 Å². The smallest absolute Gasteiger partial charge is 0.251 e. The maximum Gasteiger partial charge on any atom is 0.251 e. The standard InChI is InChI=1S/C10H18N2O3S/c1-10(2,9(11)16)6-12-8(13)7-5-14-3-4-15-7/h7H,3-6H2,1-2H3,(H2,11,16)(H,12,13). The Hall–Kier alpha value is -0.720. The number of thiocarbonyl (C=S) groups is 1. The molecule has 0 aliphatic carbocycles. The number of hydrogen-bond acceptors (Lipinski definition) is 4. The fourth-order valence-corrected chi connectivity index (χ4v) is 1.22. The van der Waals surface area contributed by atoms with Crippen molar-refractivity contribution < 1.29 is 14.3 Å². The molecule has 1 saturated heterocycles. The Balaban J connectivity index is 2.37. The highest BCUT2D eigenvalue weighted by molar-refractivity contribution is 7.80. The molecule has 1 heterocycles. The fourth-order valence-electron chi connectivity index (χ4n) is 1.15. The summed E-state index contributed by atoms with van der Waals surface area (Å²) in [6.07, 6.45) is -0.518. The maximum absolute atomic E-state index is 11.7. The molecule has 1 fully saturated rings. The minimum absolute atomic E-state index is 0.177. The van der Waals surface area contributed by atoms with Crippen LogP contribution in [0.15, 0.2) is 0 Å². The second kappa shape index (κ2) is 5.56. The number of carbonyl (C=O) groups is 1. The molecule has 0 saturated carbocycles. The van der Waals surface area contributed by atoms with E-state index in [2.05, 4.69) is 5.32 Å². The summed E-state index contributed by atoms with van der Waals surface area (Å²) in [5, 5.41) is 2.76. The molecule has 1 aliphatic rings. The Bertz CT molecular complexity index is 275. The van der Waals surface area contributed by atoms with E-state index in [0.717, 1.165) is 0 Å². The van der Waals surface area contributed by atoms with Crippen LogP contribution in [0.5, 0.6) is 0 Å². The van der Waals surface area contributed by atoms with Crippen molar-refractivity contribution in [2.24, 2.45) is 11.1 Å². The molecule has 0 aromatic heterocycles. The number of rotatable bonds is 4. The van der Waals surface area contributed by atoms with Crippen LogP contribution < -0.4 is 11.1 Å². The van der Waals surface area contributed by atoms with Gasteiger partial charge in [0.15, 0.2) is 6.10 Å². The Morgan fingerprint density at radius 2 is 2.25 bits per heavy atom. The van der Waals surface area contributed by atoms with E-state index in [9.17, 15) is 4.79 Å². The van der Waals surface area contributed by atoms with Crippen LogP contribution in [-0.2, 0) is 14.3 Å². The summed E-state index contributed by atoms with van der Waals surface area (Å²) < 4.78 is 10.4. The van der Waals surface area contributed by atoms with Gasteiger partial charge in [-0.05, 0) is 0 Å². The number of ether oxygens (including phenoxy) is 2. The van der Waals surface area contributed by atoms with Gasteiger partial charge in [-0.15, -0.1) is 0 Å². The number of nitrogens with one attached hydrogen (secondary N) is 1. The van der Waals surface area contributed by atoms with E-state index in [1.54, 1.807) is 0 Å².